The van der Waals surface area contributed by atoms with Crippen LogP contribution in [0.3, 0.4) is 0 Å². The van der Waals surface area contributed by atoms with Crippen LogP contribution in [-0.2, 0) is 16.6 Å². The van der Waals surface area contributed by atoms with Crippen molar-refractivity contribution in [3.05, 3.63) is 89.5 Å². The summed E-state index contributed by atoms with van der Waals surface area (Å²) in [6.45, 7) is 0. The van der Waals surface area contributed by atoms with Crippen LogP contribution in [0.4, 0.5) is 0 Å². The molecule has 4 heteroatoms. The molecule has 0 saturated heterocycles. The minimum atomic E-state index is -0.662. The van der Waals surface area contributed by atoms with Crippen LogP contribution in [0.2, 0.25) is 0 Å². The Kier molecular flexibility index (Phi) is 5.99. The molecule has 0 bridgehead atoms. The standard InChI is InChI=1S/C27H28O4/c1-29-22-11-9-21(10-12-22)27(18-19-15-23(30-2)17-24(16-19)31-3)25(13-14-26(27)28)20-7-5-4-6-8-20/h4-12,15-17,25H,13-14,18H2,1-3H3/t25-,27+/m0/s1. The molecule has 31 heavy (non-hydrogen) atoms. The highest BCUT2D eigenvalue weighted by Crippen LogP contribution is 2.51. The zero-order valence-corrected chi connectivity index (χ0v) is 18.3. The van der Waals surface area contributed by atoms with E-state index in [2.05, 4.69) is 12.1 Å². The van der Waals surface area contributed by atoms with Crippen molar-refractivity contribution in [1.29, 1.82) is 0 Å². The Hall–Kier alpha value is -3.27. The van der Waals surface area contributed by atoms with Crippen LogP contribution < -0.4 is 14.2 Å². The van der Waals surface area contributed by atoms with Gasteiger partial charge in [0, 0.05) is 18.4 Å². The quantitative estimate of drug-likeness (QED) is 0.522. The molecule has 0 unspecified atom stereocenters. The predicted octanol–water partition coefficient (Wildman–Crippen LogP) is 5.34. The van der Waals surface area contributed by atoms with Gasteiger partial charge in [0.15, 0.2) is 0 Å². The summed E-state index contributed by atoms with van der Waals surface area (Å²) < 4.78 is 16.3. The molecule has 4 rings (SSSR count). The van der Waals surface area contributed by atoms with E-state index in [1.807, 2.05) is 60.7 Å². The summed E-state index contributed by atoms with van der Waals surface area (Å²) in [5, 5.41) is 0. The fourth-order valence-electron chi connectivity index (χ4n) is 4.94. The van der Waals surface area contributed by atoms with Crippen molar-refractivity contribution in [2.45, 2.75) is 30.6 Å². The van der Waals surface area contributed by atoms with E-state index in [-0.39, 0.29) is 11.7 Å². The van der Waals surface area contributed by atoms with Crippen LogP contribution in [0.15, 0.2) is 72.8 Å². The van der Waals surface area contributed by atoms with Crippen LogP contribution >= 0.6 is 0 Å². The highest BCUT2D eigenvalue weighted by atomic mass is 16.5. The molecule has 0 spiro atoms. The molecule has 3 aromatic carbocycles. The van der Waals surface area contributed by atoms with Gasteiger partial charge in [0.05, 0.1) is 26.7 Å². The predicted molar refractivity (Wildman–Crippen MR) is 121 cm³/mol. The number of hydrogen-bond donors (Lipinski definition) is 0. The SMILES string of the molecule is COc1ccc([C@@]2(Cc3cc(OC)cc(OC)c3)C(=O)CC[C@H]2c2ccccc2)cc1. The largest absolute Gasteiger partial charge is 0.497 e. The summed E-state index contributed by atoms with van der Waals surface area (Å²) >= 11 is 0. The Balaban J connectivity index is 1.87. The van der Waals surface area contributed by atoms with E-state index in [1.54, 1.807) is 21.3 Å². The van der Waals surface area contributed by atoms with Crippen LogP contribution in [-0.4, -0.2) is 27.1 Å². The zero-order chi connectivity index (χ0) is 21.8. The minimum Gasteiger partial charge on any atom is -0.497 e. The third-order valence-corrected chi connectivity index (χ3v) is 6.45. The lowest BCUT2D eigenvalue weighted by Gasteiger charge is -2.35. The Bertz CT molecular complexity index is 1020. The van der Waals surface area contributed by atoms with Crippen molar-refractivity contribution in [1.82, 2.24) is 0 Å². The summed E-state index contributed by atoms with van der Waals surface area (Å²) in [5.41, 5.74) is 2.57. The molecule has 1 aliphatic carbocycles. The molecule has 1 aliphatic rings. The van der Waals surface area contributed by atoms with E-state index < -0.39 is 5.41 Å². The lowest BCUT2D eigenvalue weighted by Crippen LogP contribution is -2.38. The average Bonchev–Trinajstić information content (AvgIpc) is 3.15. The van der Waals surface area contributed by atoms with Crippen LogP contribution in [0, 0.1) is 0 Å². The number of carbonyl (C=O) groups excluding carboxylic acids is 1. The monoisotopic (exact) mass is 416 g/mol. The fourth-order valence-corrected chi connectivity index (χ4v) is 4.94. The molecule has 160 valence electrons. The summed E-state index contributed by atoms with van der Waals surface area (Å²) in [6, 6.07) is 24.2. The lowest BCUT2D eigenvalue weighted by molar-refractivity contribution is -0.122. The number of carbonyl (C=O) groups is 1. The van der Waals surface area contributed by atoms with Crippen molar-refractivity contribution in [3.63, 3.8) is 0 Å². The van der Waals surface area contributed by atoms with Crippen LogP contribution in [0.1, 0.15) is 35.4 Å². The third-order valence-electron chi connectivity index (χ3n) is 6.45. The second kappa shape index (κ2) is 8.84. The first-order chi connectivity index (χ1) is 15.1. The molecule has 3 aromatic rings. The normalized spacial score (nSPS) is 20.5. The second-order valence-corrected chi connectivity index (χ2v) is 8.02. The topological polar surface area (TPSA) is 44.8 Å². The summed E-state index contributed by atoms with van der Waals surface area (Å²) in [5.74, 6) is 2.59. The molecular weight excluding hydrogens is 388 g/mol. The maximum Gasteiger partial charge on any atom is 0.144 e. The van der Waals surface area contributed by atoms with Gasteiger partial charge < -0.3 is 14.2 Å². The Morgan fingerprint density at radius 1 is 0.806 bits per heavy atom. The summed E-state index contributed by atoms with van der Waals surface area (Å²) in [4.78, 5) is 13.7. The van der Waals surface area contributed by atoms with Gasteiger partial charge >= 0.3 is 0 Å². The zero-order valence-electron chi connectivity index (χ0n) is 18.3. The van der Waals surface area contributed by atoms with Gasteiger partial charge in [-0.3, -0.25) is 4.79 Å². The Morgan fingerprint density at radius 3 is 2.00 bits per heavy atom. The number of ether oxygens (including phenoxy) is 3. The summed E-state index contributed by atoms with van der Waals surface area (Å²) in [6.07, 6.45) is 1.97. The highest BCUT2D eigenvalue weighted by molar-refractivity contribution is 5.94. The number of hydrogen-bond acceptors (Lipinski definition) is 4. The van der Waals surface area contributed by atoms with E-state index in [0.29, 0.717) is 12.8 Å². The van der Waals surface area contributed by atoms with Crippen molar-refractivity contribution < 1.29 is 19.0 Å². The number of benzene rings is 3. The van der Waals surface area contributed by atoms with Gasteiger partial charge in [-0.2, -0.15) is 0 Å². The van der Waals surface area contributed by atoms with Crippen LogP contribution in [0.5, 0.6) is 17.2 Å². The Morgan fingerprint density at radius 2 is 1.42 bits per heavy atom. The van der Waals surface area contributed by atoms with Gasteiger partial charge in [0.2, 0.25) is 0 Å². The van der Waals surface area contributed by atoms with Gasteiger partial charge in [-0.15, -0.1) is 0 Å². The van der Waals surface area contributed by atoms with Gasteiger partial charge in [-0.05, 0) is 53.8 Å². The van der Waals surface area contributed by atoms with Crippen molar-refractivity contribution in [2.75, 3.05) is 21.3 Å². The molecule has 4 nitrogen and oxygen atoms in total. The number of ketones is 1. The smallest absolute Gasteiger partial charge is 0.144 e. The third kappa shape index (κ3) is 3.90. The fraction of sp³-hybridized carbons (Fsp3) is 0.296. The highest BCUT2D eigenvalue weighted by Gasteiger charge is 2.51. The van der Waals surface area contributed by atoms with E-state index in [9.17, 15) is 4.79 Å². The van der Waals surface area contributed by atoms with Gasteiger partial charge in [-0.1, -0.05) is 42.5 Å². The number of methoxy groups -OCH3 is 3. The van der Waals surface area contributed by atoms with E-state index in [4.69, 9.17) is 14.2 Å². The van der Waals surface area contributed by atoms with E-state index >= 15 is 0 Å². The molecule has 1 saturated carbocycles. The molecular formula is C27H28O4. The van der Waals surface area contributed by atoms with E-state index in [1.165, 1.54) is 5.56 Å². The molecule has 1 fully saturated rings. The molecule has 0 N–H and O–H groups in total. The number of Topliss-reactive ketones (excluding diaryl/α,β-unsaturated/α-hetero) is 1. The van der Waals surface area contributed by atoms with Gasteiger partial charge in [-0.25, -0.2) is 0 Å². The van der Waals surface area contributed by atoms with Crippen molar-refractivity contribution in [2.24, 2.45) is 0 Å². The average molecular weight is 417 g/mol. The van der Waals surface area contributed by atoms with Crippen molar-refractivity contribution >= 4 is 5.78 Å². The molecule has 0 aromatic heterocycles. The Labute approximate surface area is 183 Å². The van der Waals surface area contributed by atoms with Gasteiger partial charge in [0.1, 0.15) is 23.0 Å². The molecule has 0 aliphatic heterocycles. The maximum atomic E-state index is 13.7. The van der Waals surface area contributed by atoms with Crippen molar-refractivity contribution in [3.8, 4) is 17.2 Å². The first-order valence-corrected chi connectivity index (χ1v) is 10.6. The summed E-state index contributed by atoms with van der Waals surface area (Å²) in [7, 11) is 4.94. The minimum absolute atomic E-state index is 0.0896. The van der Waals surface area contributed by atoms with Crippen LogP contribution in [0.25, 0.3) is 0 Å². The van der Waals surface area contributed by atoms with Gasteiger partial charge in [0.25, 0.3) is 0 Å². The first kappa shape index (κ1) is 21.0. The maximum absolute atomic E-state index is 13.7. The molecule has 2 atom stereocenters. The molecule has 0 amide bonds. The first-order valence-electron chi connectivity index (χ1n) is 10.6. The second-order valence-electron chi connectivity index (χ2n) is 8.02. The lowest BCUT2D eigenvalue weighted by atomic mass is 9.65. The van der Waals surface area contributed by atoms with E-state index in [0.717, 1.165) is 34.8 Å². The molecule has 0 heterocycles. The molecule has 0 radical (unpaired) electrons. The number of rotatable bonds is 7.